The van der Waals surface area contributed by atoms with E-state index in [0.29, 0.717) is 35.4 Å². The van der Waals surface area contributed by atoms with Gasteiger partial charge in [-0.15, -0.1) is 0 Å². The number of amides is 1. The summed E-state index contributed by atoms with van der Waals surface area (Å²) in [5.74, 6) is -0.0695. The molecule has 0 bridgehead atoms. The first-order chi connectivity index (χ1) is 16.1. The summed E-state index contributed by atoms with van der Waals surface area (Å²) < 4.78 is 1.78. The smallest absolute Gasteiger partial charge is 0.252 e. The van der Waals surface area contributed by atoms with E-state index in [1.807, 2.05) is 20.8 Å². The molecule has 1 aromatic carbocycles. The lowest BCUT2D eigenvalue weighted by Crippen LogP contribution is -2.41. The lowest BCUT2D eigenvalue weighted by atomic mass is 9.95. The van der Waals surface area contributed by atoms with E-state index in [2.05, 4.69) is 14.8 Å². The monoisotopic (exact) mass is 479 g/mol. The van der Waals surface area contributed by atoms with Gasteiger partial charge in [0.05, 0.1) is 23.0 Å². The number of hydrogen-bond donors (Lipinski definition) is 2. The molecular weight excluding hydrogens is 454 g/mol. The normalized spacial score (nSPS) is 17.1. The fourth-order valence-corrected chi connectivity index (χ4v) is 4.28. The molecule has 0 spiro atoms. The van der Waals surface area contributed by atoms with Crippen LogP contribution in [0.4, 0.5) is 5.82 Å². The Bertz CT molecular complexity index is 1330. The summed E-state index contributed by atoms with van der Waals surface area (Å²) in [5.41, 5.74) is 7.74. The number of rotatable bonds is 3. The van der Waals surface area contributed by atoms with Gasteiger partial charge in [0.1, 0.15) is 23.6 Å². The third-order valence-electron chi connectivity index (χ3n) is 5.68. The molecule has 176 valence electrons. The zero-order chi connectivity index (χ0) is 24.6. The Balaban J connectivity index is 1.74. The first kappa shape index (κ1) is 23.5. The van der Waals surface area contributed by atoms with E-state index in [-0.39, 0.29) is 39.7 Å². The Kier molecular flexibility index (Phi) is 6.19. The van der Waals surface area contributed by atoms with Crippen LogP contribution in [0.1, 0.15) is 39.7 Å². The number of hydrogen-bond acceptors (Lipinski definition) is 6. The van der Waals surface area contributed by atoms with E-state index in [1.165, 1.54) is 12.4 Å². The number of allylic oxidation sites excluding steroid dienone is 1. The number of nitrogens with two attached hydrogens (primary N) is 1. The number of likely N-dealkylation sites (tertiary alicyclic amines) is 1. The molecule has 1 amide bonds. The number of fused-ring (bicyclic) bond motifs is 1. The standard InChI is InChI=1S/C24H26ClN7O2/c1-24(2,3)11-17(27-4)23(34)31-9-5-6-15(12-31)32-22-19(21(26)28-13-29-22)20(30-32)14-7-8-16(25)18(33)10-14/h7-8,10-11,13,15,33H,5-6,9,12H2,1-3H3,(H2,26,28,29)/b17-11-/t15-/m1/s1. The van der Waals surface area contributed by atoms with Crippen molar-refractivity contribution >= 4 is 34.4 Å². The van der Waals surface area contributed by atoms with Crippen molar-refractivity contribution < 1.29 is 9.90 Å². The third-order valence-corrected chi connectivity index (χ3v) is 6.00. The minimum Gasteiger partial charge on any atom is -0.506 e. The summed E-state index contributed by atoms with van der Waals surface area (Å²) >= 11 is 5.98. The number of aromatic hydroxyl groups is 1. The average molecular weight is 480 g/mol. The molecule has 34 heavy (non-hydrogen) atoms. The molecule has 2 aromatic heterocycles. The maximum atomic E-state index is 13.1. The van der Waals surface area contributed by atoms with E-state index < -0.39 is 0 Å². The summed E-state index contributed by atoms with van der Waals surface area (Å²) in [6.45, 7) is 14.3. The van der Waals surface area contributed by atoms with Gasteiger partial charge in [0.2, 0.25) is 5.70 Å². The van der Waals surface area contributed by atoms with Crippen molar-refractivity contribution in [2.24, 2.45) is 5.41 Å². The zero-order valence-corrected chi connectivity index (χ0v) is 20.0. The van der Waals surface area contributed by atoms with Crippen LogP contribution in [-0.4, -0.2) is 48.8 Å². The summed E-state index contributed by atoms with van der Waals surface area (Å²) in [5, 5.41) is 15.7. The van der Waals surface area contributed by atoms with Crippen molar-refractivity contribution in [1.82, 2.24) is 24.6 Å². The predicted octanol–water partition coefficient (Wildman–Crippen LogP) is 4.45. The van der Waals surface area contributed by atoms with Crippen LogP contribution in [-0.2, 0) is 4.79 Å². The minimum absolute atomic E-state index is 0.0657. The maximum absolute atomic E-state index is 13.1. The first-order valence-electron chi connectivity index (χ1n) is 11.0. The van der Waals surface area contributed by atoms with Crippen molar-refractivity contribution in [2.75, 3.05) is 18.8 Å². The second-order valence-electron chi connectivity index (χ2n) is 9.47. The van der Waals surface area contributed by atoms with Gasteiger partial charge >= 0.3 is 0 Å². The zero-order valence-electron chi connectivity index (χ0n) is 19.3. The number of carbonyl (C=O) groups is 1. The van der Waals surface area contributed by atoms with Gasteiger partial charge in [-0.2, -0.15) is 5.10 Å². The lowest BCUT2D eigenvalue weighted by Gasteiger charge is -2.33. The van der Waals surface area contributed by atoms with Crippen LogP contribution in [0.25, 0.3) is 27.1 Å². The second kappa shape index (κ2) is 8.95. The average Bonchev–Trinajstić information content (AvgIpc) is 3.19. The molecule has 0 saturated carbocycles. The molecule has 1 fully saturated rings. The number of nitrogens with zero attached hydrogens (tertiary/aromatic N) is 6. The molecule has 1 atom stereocenters. The molecule has 0 aliphatic carbocycles. The number of phenolic OH excluding ortho intramolecular Hbond substituents is 1. The molecule has 3 N–H and O–H groups in total. The Hall–Kier alpha value is -3.64. The van der Waals surface area contributed by atoms with Crippen LogP contribution >= 0.6 is 11.6 Å². The number of aromatic nitrogens is 4. The summed E-state index contributed by atoms with van der Waals surface area (Å²) in [6, 6.07) is 4.70. The quantitative estimate of drug-likeness (QED) is 0.423. The van der Waals surface area contributed by atoms with Crippen LogP contribution in [0.3, 0.4) is 0 Å². The highest BCUT2D eigenvalue weighted by molar-refractivity contribution is 6.32. The van der Waals surface area contributed by atoms with Crippen molar-refractivity contribution in [3.63, 3.8) is 0 Å². The van der Waals surface area contributed by atoms with Gasteiger partial charge in [-0.25, -0.2) is 19.5 Å². The first-order valence-corrected chi connectivity index (χ1v) is 11.3. The Labute approximate surface area is 202 Å². The van der Waals surface area contributed by atoms with E-state index >= 15 is 0 Å². The van der Waals surface area contributed by atoms with E-state index in [1.54, 1.807) is 27.8 Å². The predicted molar refractivity (Wildman–Crippen MR) is 131 cm³/mol. The Morgan fingerprint density at radius 3 is 2.79 bits per heavy atom. The fraction of sp³-hybridized carbons (Fsp3) is 0.375. The summed E-state index contributed by atoms with van der Waals surface area (Å²) in [4.78, 5) is 26.9. The molecule has 1 saturated heterocycles. The summed E-state index contributed by atoms with van der Waals surface area (Å²) in [6.07, 6.45) is 4.64. The number of nitrogen functional groups attached to an aromatic ring is 1. The van der Waals surface area contributed by atoms with Crippen molar-refractivity contribution in [1.29, 1.82) is 0 Å². The fourth-order valence-electron chi connectivity index (χ4n) is 4.16. The van der Waals surface area contributed by atoms with Crippen molar-refractivity contribution in [2.45, 2.75) is 39.7 Å². The molecule has 3 heterocycles. The molecule has 9 nitrogen and oxygen atoms in total. The molecule has 0 radical (unpaired) electrons. The van der Waals surface area contributed by atoms with E-state index in [0.717, 1.165) is 12.8 Å². The van der Waals surface area contributed by atoms with Crippen LogP contribution in [0.5, 0.6) is 5.75 Å². The van der Waals surface area contributed by atoms with Crippen LogP contribution in [0.15, 0.2) is 36.3 Å². The molecule has 0 unspecified atom stereocenters. The Morgan fingerprint density at radius 2 is 2.12 bits per heavy atom. The number of phenols is 1. The maximum Gasteiger partial charge on any atom is 0.252 e. The van der Waals surface area contributed by atoms with Gasteiger partial charge in [0.25, 0.3) is 5.91 Å². The van der Waals surface area contributed by atoms with E-state index in [4.69, 9.17) is 29.0 Å². The molecule has 3 aromatic rings. The van der Waals surface area contributed by atoms with Gasteiger partial charge in [-0.1, -0.05) is 44.5 Å². The molecule has 1 aliphatic heterocycles. The molecular formula is C24H26ClN7O2. The topological polar surface area (TPSA) is 115 Å². The highest BCUT2D eigenvalue weighted by atomic mass is 35.5. The van der Waals surface area contributed by atoms with Crippen molar-refractivity contribution in [3.05, 3.63) is 52.7 Å². The van der Waals surface area contributed by atoms with Crippen molar-refractivity contribution in [3.8, 4) is 17.0 Å². The largest absolute Gasteiger partial charge is 0.506 e. The molecule has 1 aliphatic rings. The van der Waals surface area contributed by atoms with Gasteiger partial charge in [0, 0.05) is 18.7 Å². The highest BCUT2D eigenvalue weighted by Crippen LogP contribution is 2.36. The molecule has 10 heteroatoms. The number of halogens is 1. The van der Waals surface area contributed by atoms with Crippen LogP contribution in [0.2, 0.25) is 5.02 Å². The SMILES string of the molecule is [C-]#[N+]/C(=C\C(C)(C)C)C(=O)N1CCC[C@@H](n2nc(-c3ccc(Cl)c(O)c3)c3c(N)ncnc32)C1. The van der Waals surface area contributed by atoms with Gasteiger partial charge in [0.15, 0.2) is 5.65 Å². The minimum atomic E-state index is -0.281. The van der Waals surface area contributed by atoms with Gasteiger partial charge in [-0.3, -0.25) is 4.79 Å². The van der Waals surface area contributed by atoms with Crippen LogP contribution < -0.4 is 5.73 Å². The molecule has 4 rings (SSSR count). The van der Waals surface area contributed by atoms with Gasteiger partial charge < -0.3 is 15.7 Å². The highest BCUT2D eigenvalue weighted by Gasteiger charge is 2.30. The number of benzene rings is 1. The Morgan fingerprint density at radius 1 is 1.35 bits per heavy atom. The van der Waals surface area contributed by atoms with E-state index in [9.17, 15) is 9.90 Å². The lowest BCUT2D eigenvalue weighted by molar-refractivity contribution is -0.128. The van der Waals surface area contributed by atoms with Crippen LogP contribution in [0, 0.1) is 12.0 Å². The summed E-state index contributed by atoms with van der Waals surface area (Å²) in [7, 11) is 0. The number of piperidine rings is 1. The number of carbonyl (C=O) groups excluding carboxylic acids is 1. The van der Waals surface area contributed by atoms with Gasteiger partial charge in [-0.05, 0) is 30.4 Å². The second-order valence-corrected chi connectivity index (χ2v) is 9.88. The third kappa shape index (κ3) is 4.54. The number of anilines is 1.